The molecule has 0 saturated heterocycles. The Bertz CT molecular complexity index is 276. The van der Waals surface area contributed by atoms with E-state index >= 15 is 0 Å². The molecule has 0 unspecified atom stereocenters. The van der Waals surface area contributed by atoms with Gasteiger partial charge in [-0.25, -0.2) is 0 Å². The van der Waals surface area contributed by atoms with Crippen molar-refractivity contribution in [3.05, 3.63) is 42.3 Å². The largest absolute Gasteiger partial charge is 0.377 e. The molecule has 1 rings (SSSR count). The Morgan fingerprint density at radius 3 is 2.29 bits per heavy atom. The fourth-order valence-electron chi connectivity index (χ4n) is 1.79. The minimum Gasteiger partial charge on any atom is -0.377 e. The van der Waals surface area contributed by atoms with Crippen molar-refractivity contribution < 1.29 is 4.74 Å². The quantitative estimate of drug-likeness (QED) is 0.562. The fourth-order valence-corrected chi connectivity index (χ4v) is 1.79. The van der Waals surface area contributed by atoms with Gasteiger partial charge in [0, 0.05) is 6.61 Å². The topological polar surface area (TPSA) is 9.23 Å². The molecule has 0 aromatic heterocycles. The van der Waals surface area contributed by atoms with Crippen molar-refractivity contribution in [2.24, 2.45) is 0 Å². The van der Waals surface area contributed by atoms with E-state index in [0.717, 1.165) is 19.6 Å². The van der Waals surface area contributed by atoms with Crippen LogP contribution in [0.1, 0.15) is 49.7 Å². The fraction of sp³-hybridized carbons (Fsp3) is 0.562. The molecule has 0 amide bonds. The normalized spacial score (nSPS) is 10.7. The first-order chi connectivity index (χ1) is 8.33. The van der Waals surface area contributed by atoms with Gasteiger partial charge in [-0.3, -0.25) is 0 Å². The highest BCUT2D eigenvalue weighted by Gasteiger charge is 1.94. The molecule has 1 nitrogen and oxygen atoms in total. The van der Waals surface area contributed by atoms with Crippen LogP contribution in [0.5, 0.6) is 0 Å². The van der Waals surface area contributed by atoms with Crippen LogP contribution in [-0.4, -0.2) is 6.61 Å². The summed E-state index contributed by atoms with van der Waals surface area (Å²) in [5, 5.41) is 0. The zero-order chi connectivity index (χ0) is 12.3. The Kier molecular flexibility index (Phi) is 7.74. The minimum absolute atomic E-state index is 0.749. The third-order valence-corrected chi connectivity index (χ3v) is 2.93. The Morgan fingerprint density at radius 1 is 0.941 bits per heavy atom. The highest BCUT2D eigenvalue weighted by Crippen LogP contribution is 2.07. The summed E-state index contributed by atoms with van der Waals surface area (Å²) >= 11 is 0. The molecule has 1 aromatic rings. The zero-order valence-corrected chi connectivity index (χ0v) is 11.1. The number of hydrogen-bond donors (Lipinski definition) is 0. The number of ether oxygens (including phenoxy) is 1. The van der Waals surface area contributed by atoms with Crippen molar-refractivity contribution >= 4 is 0 Å². The van der Waals surface area contributed by atoms with Crippen LogP contribution in [-0.2, 0) is 11.3 Å². The van der Waals surface area contributed by atoms with Gasteiger partial charge < -0.3 is 4.74 Å². The number of benzene rings is 1. The first kappa shape index (κ1) is 14.2. The molecule has 0 bridgehead atoms. The number of aryl methyl sites for hydroxylation is 1. The molecule has 0 atom stereocenters. The molecule has 0 aliphatic heterocycles. The molecular weight excluding hydrogens is 208 g/mol. The van der Waals surface area contributed by atoms with Crippen LogP contribution in [0.2, 0.25) is 0 Å². The molecule has 0 saturated carbocycles. The lowest BCUT2D eigenvalue weighted by Crippen LogP contribution is -1.95. The van der Waals surface area contributed by atoms with Gasteiger partial charge in [0.15, 0.2) is 0 Å². The lowest BCUT2D eigenvalue weighted by molar-refractivity contribution is 0.116. The Balaban J connectivity index is 1.95. The standard InChI is InChI=1S/C16H25O/c1-3-4-5-6-7-8-13-17-14-16-11-9-15(2)10-12-16/h9-12H,1,3-8,13-14H2,2H3. The van der Waals surface area contributed by atoms with Gasteiger partial charge in [0.25, 0.3) is 0 Å². The van der Waals surface area contributed by atoms with Gasteiger partial charge in [0.1, 0.15) is 0 Å². The van der Waals surface area contributed by atoms with Gasteiger partial charge in [-0.2, -0.15) is 0 Å². The molecule has 1 radical (unpaired) electrons. The van der Waals surface area contributed by atoms with E-state index in [1.165, 1.54) is 43.2 Å². The molecule has 0 fully saturated rings. The van der Waals surface area contributed by atoms with E-state index < -0.39 is 0 Å². The van der Waals surface area contributed by atoms with Gasteiger partial charge in [0.05, 0.1) is 6.61 Å². The monoisotopic (exact) mass is 233 g/mol. The van der Waals surface area contributed by atoms with Gasteiger partial charge in [-0.15, -0.1) is 0 Å². The Labute approximate surface area is 106 Å². The molecule has 0 heterocycles. The SMILES string of the molecule is [CH2]CCCCCCCOCc1ccc(C)cc1. The van der Waals surface area contributed by atoms with Crippen LogP contribution >= 0.6 is 0 Å². The lowest BCUT2D eigenvalue weighted by atomic mass is 10.1. The highest BCUT2D eigenvalue weighted by molar-refractivity contribution is 5.20. The zero-order valence-electron chi connectivity index (χ0n) is 11.1. The van der Waals surface area contributed by atoms with Crippen LogP contribution in [0.25, 0.3) is 0 Å². The summed E-state index contributed by atoms with van der Waals surface area (Å²) in [6, 6.07) is 8.56. The molecule has 1 heteroatoms. The smallest absolute Gasteiger partial charge is 0.0716 e. The number of unbranched alkanes of at least 4 members (excludes halogenated alkanes) is 5. The van der Waals surface area contributed by atoms with Crippen molar-refractivity contribution in [1.82, 2.24) is 0 Å². The lowest BCUT2D eigenvalue weighted by Gasteiger charge is -2.05. The first-order valence-corrected chi connectivity index (χ1v) is 6.75. The number of hydrogen-bond acceptors (Lipinski definition) is 1. The van der Waals surface area contributed by atoms with E-state index in [9.17, 15) is 0 Å². The average Bonchev–Trinajstić information content (AvgIpc) is 2.35. The molecule has 95 valence electrons. The molecule has 0 N–H and O–H groups in total. The third kappa shape index (κ3) is 7.17. The maximum Gasteiger partial charge on any atom is 0.0716 e. The maximum atomic E-state index is 5.65. The van der Waals surface area contributed by atoms with E-state index in [0.29, 0.717) is 0 Å². The van der Waals surface area contributed by atoms with E-state index in [2.05, 4.69) is 38.1 Å². The number of rotatable bonds is 9. The Hall–Kier alpha value is -0.820. The first-order valence-electron chi connectivity index (χ1n) is 6.75. The van der Waals surface area contributed by atoms with Crippen molar-refractivity contribution in [2.45, 2.75) is 52.1 Å². The summed E-state index contributed by atoms with van der Waals surface area (Å²) in [4.78, 5) is 0. The predicted molar refractivity (Wildman–Crippen MR) is 73.9 cm³/mol. The van der Waals surface area contributed by atoms with Crippen molar-refractivity contribution in [1.29, 1.82) is 0 Å². The maximum absolute atomic E-state index is 5.65. The summed E-state index contributed by atoms with van der Waals surface area (Å²) in [6.07, 6.45) is 7.45. The second-order valence-electron chi connectivity index (χ2n) is 4.66. The van der Waals surface area contributed by atoms with E-state index in [1.807, 2.05) is 0 Å². The van der Waals surface area contributed by atoms with Crippen LogP contribution in [0.15, 0.2) is 24.3 Å². The van der Waals surface area contributed by atoms with Crippen LogP contribution in [0, 0.1) is 13.8 Å². The minimum atomic E-state index is 0.749. The second kappa shape index (κ2) is 9.23. The molecule has 17 heavy (non-hydrogen) atoms. The van der Waals surface area contributed by atoms with Crippen LogP contribution < -0.4 is 0 Å². The third-order valence-electron chi connectivity index (χ3n) is 2.93. The van der Waals surface area contributed by atoms with Gasteiger partial charge in [0.2, 0.25) is 0 Å². The average molecular weight is 233 g/mol. The molecule has 0 spiro atoms. The molecular formula is C16H25O. The van der Waals surface area contributed by atoms with Crippen molar-refractivity contribution in [3.63, 3.8) is 0 Å². The van der Waals surface area contributed by atoms with Gasteiger partial charge >= 0.3 is 0 Å². The van der Waals surface area contributed by atoms with Crippen LogP contribution in [0.3, 0.4) is 0 Å². The van der Waals surface area contributed by atoms with E-state index in [-0.39, 0.29) is 0 Å². The van der Waals surface area contributed by atoms with Crippen LogP contribution in [0.4, 0.5) is 0 Å². The van der Waals surface area contributed by atoms with E-state index in [1.54, 1.807) is 0 Å². The van der Waals surface area contributed by atoms with Gasteiger partial charge in [-0.1, -0.05) is 68.9 Å². The van der Waals surface area contributed by atoms with Crippen molar-refractivity contribution in [3.8, 4) is 0 Å². The van der Waals surface area contributed by atoms with Gasteiger partial charge in [-0.05, 0) is 18.9 Å². The molecule has 0 aliphatic rings. The summed E-state index contributed by atoms with van der Waals surface area (Å²) in [5.74, 6) is 0. The molecule has 0 aliphatic carbocycles. The summed E-state index contributed by atoms with van der Waals surface area (Å²) in [5.41, 5.74) is 2.58. The predicted octanol–water partition coefficient (Wildman–Crippen LogP) is 4.69. The second-order valence-corrected chi connectivity index (χ2v) is 4.66. The summed E-state index contributed by atoms with van der Waals surface area (Å²) in [7, 11) is 0. The summed E-state index contributed by atoms with van der Waals surface area (Å²) < 4.78 is 5.65. The highest BCUT2D eigenvalue weighted by atomic mass is 16.5. The van der Waals surface area contributed by atoms with Crippen molar-refractivity contribution in [2.75, 3.05) is 6.61 Å². The molecule has 1 aromatic carbocycles. The Morgan fingerprint density at radius 2 is 1.59 bits per heavy atom. The summed E-state index contributed by atoms with van der Waals surface area (Å²) in [6.45, 7) is 7.59. The van der Waals surface area contributed by atoms with E-state index in [4.69, 9.17) is 4.74 Å².